The minimum Gasteiger partial charge on any atom is -0.476 e. The van der Waals surface area contributed by atoms with Crippen molar-refractivity contribution < 1.29 is 9.90 Å². The van der Waals surface area contributed by atoms with Gasteiger partial charge in [-0.3, -0.25) is 5.10 Å². The van der Waals surface area contributed by atoms with Gasteiger partial charge < -0.3 is 5.11 Å². The summed E-state index contributed by atoms with van der Waals surface area (Å²) in [6.07, 6.45) is 1.57. The van der Waals surface area contributed by atoms with E-state index in [2.05, 4.69) is 15.2 Å². The molecule has 0 aromatic carbocycles. The second-order valence-corrected chi connectivity index (χ2v) is 3.16. The maximum absolute atomic E-state index is 10.7. The second-order valence-electron chi connectivity index (χ2n) is 2.31. The van der Waals surface area contributed by atoms with E-state index in [1.807, 2.05) is 0 Å². The van der Waals surface area contributed by atoms with Gasteiger partial charge >= 0.3 is 5.97 Å². The molecule has 0 saturated carbocycles. The Morgan fingerprint density at radius 1 is 1.62 bits per heavy atom. The van der Waals surface area contributed by atoms with Crippen LogP contribution in [0.5, 0.6) is 0 Å². The van der Waals surface area contributed by atoms with Crippen molar-refractivity contribution in [2.75, 3.05) is 0 Å². The first-order valence-corrected chi connectivity index (χ1v) is 4.33. The van der Waals surface area contributed by atoms with Crippen LogP contribution >= 0.6 is 11.3 Å². The number of H-pyrrole nitrogens is 1. The third-order valence-electron chi connectivity index (χ3n) is 1.52. The fourth-order valence-corrected chi connectivity index (χ4v) is 1.73. The number of nitrogens with zero attached hydrogens (tertiary/aromatic N) is 2. The summed E-state index contributed by atoms with van der Waals surface area (Å²) in [6, 6.07) is 1.71. The van der Waals surface area contributed by atoms with Gasteiger partial charge in [0.25, 0.3) is 0 Å². The fourth-order valence-electron chi connectivity index (χ4n) is 0.972. The molecule has 0 unspecified atom stereocenters. The van der Waals surface area contributed by atoms with Crippen molar-refractivity contribution in [1.82, 2.24) is 15.2 Å². The first-order chi connectivity index (χ1) is 6.29. The van der Waals surface area contributed by atoms with Gasteiger partial charge in [0.2, 0.25) is 0 Å². The van der Waals surface area contributed by atoms with E-state index in [1.165, 1.54) is 16.8 Å². The highest BCUT2D eigenvalue weighted by Crippen LogP contribution is 2.25. The summed E-state index contributed by atoms with van der Waals surface area (Å²) in [4.78, 5) is 15.0. The lowest BCUT2D eigenvalue weighted by atomic mass is 10.3. The van der Waals surface area contributed by atoms with E-state index >= 15 is 0 Å². The predicted molar refractivity (Wildman–Crippen MR) is 46.7 cm³/mol. The van der Waals surface area contributed by atoms with E-state index in [1.54, 1.807) is 12.3 Å². The zero-order valence-corrected chi connectivity index (χ0v) is 7.21. The number of nitrogens with one attached hydrogen (secondary N) is 1. The first-order valence-electron chi connectivity index (χ1n) is 3.45. The van der Waals surface area contributed by atoms with Crippen LogP contribution in [0.2, 0.25) is 0 Å². The van der Waals surface area contributed by atoms with Gasteiger partial charge in [0.15, 0.2) is 5.69 Å². The third-order valence-corrected chi connectivity index (χ3v) is 2.38. The molecule has 0 atom stereocenters. The van der Waals surface area contributed by atoms with Gasteiger partial charge in [-0.15, -0.1) is 11.3 Å². The molecule has 13 heavy (non-hydrogen) atoms. The molecule has 2 rings (SSSR count). The Kier molecular flexibility index (Phi) is 1.82. The maximum atomic E-state index is 10.7. The quantitative estimate of drug-likeness (QED) is 0.755. The van der Waals surface area contributed by atoms with Crippen LogP contribution in [0.3, 0.4) is 0 Å². The van der Waals surface area contributed by atoms with E-state index in [-0.39, 0.29) is 5.69 Å². The molecule has 0 saturated heterocycles. The Labute approximate surface area is 77.1 Å². The fraction of sp³-hybridized carbons (Fsp3) is 0. The van der Waals surface area contributed by atoms with E-state index < -0.39 is 5.97 Å². The molecule has 2 N–H and O–H groups in total. The lowest BCUT2D eigenvalue weighted by molar-refractivity contribution is 0.0692. The SMILES string of the molecule is O=C(O)c1ncsc1-c1ccn[nH]1. The van der Waals surface area contributed by atoms with Gasteiger partial charge in [0, 0.05) is 6.20 Å². The molecule has 0 aliphatic rings. The molecule has 2 heterocycles. The number of aromatic nitrogens is 3. The van der Waals surface area contributed by atoms with Crippen molar-refractivity contribution >= 4 is 17.3 Å². The van der Waals surface area contributed by atoms with Crippen molar-refractivity contribution in [2.45, 2.75) is 0 Å². The number of carboxylic acids is 1. The molecule has 2 aromatic heterocycles. The Bertz CT molecular complexity index is 421. The molecule has 0 fully saturated rings. The van der Waals surface area contributed by atoms with Crippen LogP contribution in [0.1, 0.15) is 10.5 Å². The molecule has 0 amide bonds. The first kappa shape index (κ1) is 7.93. The zero-order chi connectivity index (χ0) is 9.26. The molecule has 0 aliphatic heterocycles. The summed E-state index contributed by atoms with van der Waals surface area (Å²) in [5.41, 5.74) is 2.24. The lowest BCUT2D eigenvalue weighted by Gasteiger charge is -1.92. The molecule has 0 radical (unpaired) electrons. The van der Waals surface area contributed by atoms with Crippen molar-refractivity contribution in [1.29, 1.82) is 0 Å². The van der Waals surface area contributed by atoms with Crippen molar-refractivity contribution in [3.8, 4) is 10.6 Å². The number of aromatic amines is 1. The topological polar surface area (TPSA) is 78.9 Å². The van der Waals surface area contributed by atoms with Gasteiger partial charge in [-0.1, -0.05) is 0 Å². The summed E-state index contributed by atoms with van der Waals surface area (Å²) in [7, 11) is 0. The number of hydrogen-bond acceptors (Lipinski definition) is 4. The van der Waals surface area contributed by atoms with Gasteiger partial charge in [-0.05, 0) is 6.07 Å². The molecule has 6 heteroatoms. The van der Waals surface area contributed by atoms with Gasteiger partial charge in [0.05, 0.1) is 16.1 Å². The summed E-state index contributed by atoms with van der Waals surface area (Å²) in [5, 5.41) is 15.2. The van der Waals surface area contributed by atoms with Crippen LogP contribution in [-0.4, -0.2) is 26.3 Å². The van der Waals surface area contributed by atoms with Crippen molar-refractivity contribution in [3.63, 3.8) is 0 Å². The van der Waals surface area contributed by atoms with E-state index in [0.717, 1.165) is 0 Å². The van der Waals surface area contributed by atoms with Crippen LogP contribution in [-0.2, 0) is 0 Å². The van der Waals surface area contributed by atoms with E-state index in [9.17, 15) is 4.79 Å². The Balaban J connectivity index is 2.52. The van der Waals surface area contributed by atoms with Crippen molar-refractivity contribution in [2.24, 2.45) is 0 Å². The lowest BCUT2D eigenvalue weighted by Crippen LogP contribution is -1.98. The number of thiazole rings is 1. The van der Waals surface area contributed by atoms with Crippen LogP contribution in [0, 0.1) is 0 Å². The normalized spacial score (nSPS) is 10.2. The number of hydrogen-bond donors (Lipinski definition) is 2. The highest BCUT2D eigenvalue weighted by Gasteiger charge is 2.15. The molecule has 0 spiro atoms. The summed E-state index contributed by atoms with van der Waals surface area (Å²) in [6.45, 7) is 0. The number of rotatable bonds is 2. The Morgan fingerprint density at radius 3 is 3.08 bits per heavy atom. The Morgan fingerprint density at radius 2 is 2.46 bits per heavy atom. The molecule has 5 nitrogen and oxygen atoms in total. The number of carbonyl (C=O) groups is 1. The van der Waals surface area contributed by atoms with Gasteiger partial charge in [-0.2, -0.15) is 5.10 Å². The Hall–Kier alpha value is -1.69. The zero-order valence-electron chi connectivity index (χ0n) is 6.39. The largest absolute Gasteiger partial charge is 0.476 e. The maximum Gasteiger partial charge on any atom is 0.356 e. The molecular formula is C7H5N3O2S. The van der Waals surface area contributed by atoms with Crippen LogP contribution in [0.15, 0.2) is 17.8 Å². The molecule has 0 aliphatic carbocycles. The van der Waals surface area contributed by atoms with Gasteiger partial charge in [-0.25, -0.2) is 9.78 Å². The summed E-state index contributed by atoms with van der Waals surface area (Å²) >= 11 is 1.27. The average Bonchev–Trinajstić information content (AvgIpc) is 2.74. The summed E-state index contributed by atoms with van der Waals surface area (Å²) < 4.78 is 0. The molecule has 0 bridgehead atoms. The number of carboxylic acid groups (broad SMARTS) is 1. The highest BCUT2D eigenvalue weighted by molar-refractivity contribution is 7.13. The minimum atomic E-state index is -1.02. The predicted octanol–water partition coefficient (Wildman–Crippen LogP) is 1.23. The average molecular weight is 195 g/mol. The standard InChI is InChI=1S/C7H5N3O2S/c11-7(12)5-6(13-3-8-5)4-1-2-9-10-4/h1-3H,(H,9,10)(H,11,12). The monoisotopic (exact) mass is 195 g/mol. The third kappa shape index (κ3) is 1.31. The second kappa shape index (κ2) is 2.98. The minimum absolute atomic E-state index is 0.0641. The molecular weight excluding hydrogens is 190 g/mol. The van der Waals surface area contributed by atoms with E-state index in [0.29, 0.717) is 10.6 Å². The molecule has 2 aromatic rings. The summed E-state index contributed by atoms with van der Waals surface area (Å²) in [5.74, 6) is -1.02. The van der Waals surface area contributed by atoms with Gasteiger partial charge in [0.1, 0.15) is 0 Å². The van der Waals surface area contributed by atoms with Crippen molar-refractivity contribution in [3.05, 3.63) is 23.5 Å². The van der Waals surface area contributed by atoms with Crippen LogP contribution in [0.25, 0.3) is 10.6 Å². The highest BCUT2D eigenvalue weighted by atomic mass is 32.1. The van der Waals surface area contributed by atoms with Crippen LogP contribution < -0.4 is 0 Å². The smallest absolute Gasteiger partial charge is 0.356 e. The molecule has 66 valence electrons. The number of aromatic carboxylic acids is 1. The van der Waals surface area contributed by atoms with Crippen LogP contribution in [0.4, 0.5) is 0 Å². The van der Waals surface area contributed by atoms with E-state index in [4.69, 9.17) is 5.11 Å².